The molecule has 98 valence electrons. The molecule has 0 unspecified atom stereocenters. The number of hydrogen-bond acceptors (Lipinski definition) is 2. The number of aryl methyl sites for hydroxylation is 2. The first-order chi connectivity index (χ1) is 9.13. The minimum atomic E-state index is 0.710. The Balaban J connectivity index is 2.44. The predicted octanol–water partition coefficient (Wildman–Crippen LogP) is 3.82. The maximum Gasteiger partial charge on any atom is 0.184 e. The minimum absolute atomic E-state index is 0.710. The van der Waals surface area contributed by atoms with E-state index in [1.807, 2.05) is 23.7 Å². The summed E-state index contributed by atoms with van der Waals surface area (Å²) in [6.07, 6.45) is 0. The van der Waals surface area contributed by atoms with Gasteiger partial charge in [-0.25, -0.2) is 4.68 Å². The number of fused-ring (bicyclic) bond motifs is 1. The Morgan fingerprint density at radius 2 is 2.11 bits per heavy atom. The Morgan fingerprint density at radius 3 is 2.79 bits per heavy atom. The summed E-state index contributed by atoms with van der Waals surface area (Å²) in [5, 5.41) is 4.54. The molecule has 0 atom stereocenters. The summed E-state index contributed by atoms with van der Waals surface area (Å²) >= 11 is 7.81. The number of benzene rings is 1. The zero-order valence-corrected chi connectivity index (χ0v) is 13.6. The Morgan fingerprint density at radius 1 is 1.37 bits per heavy atom. The van der Waals surface area contributed by atoms with Gasteiger partial charge >= 0.3 is 0 Å². The quantitative estimate of drug-likeness (QED) is 0.539. The summed E-state index contributed by atoms with van der Waals surface area (Å²) in [4.78, 5) is 3.27. The molecule has 4 nitrogen and oxygen atoms in total. The van der Waals surface area contributed by atoms with Gasteiger partial charge in [0.05, 0.1) is 11.4 Å². The van der Waals surface area contributed by atoms with E-state index >= 15 is 0 Å². The fourth-order valence-corrected chi connectivity index (χ4v) is 3.19. The SMILES string of the molecule is CCn1nc(C)c2[nH]c(=S)n(-c3ccccc3I)c21. The van der Waals surface area contributed by atoms with E-state index in [1.54, 1.807) is 0 Å². The van der Waals surface area contributed by atoms with Crippen molar-refractivity contribution in [3.8, 4) is 5.69 Å². The third-order valence-electron chi connectivity index (χ3n) is 3.14. The van der Waals surface area contributed by atoms with E-state index in [2.05, 4.69) is 56.3 Å². The van der Waals surface area contributed by atoms with Crippen molar-refractivity contribution >= 4 is 46.0 Å². The summed E-state index contributed by atoms with van der Waals surface area (Å²) < 4.78 is 5.93. The number of halogens is 1. The molecule has 1 aromatic carbocycles. The van der Waals surface area contributed by atoms with Gasteiger partial charge < -0.3 is 4.98 Å². The van der Waals surface area contributed by atoms with Crippen molar-refractivity contribution in [2.45, 2.75) is 20.4 Å². The van der Waals surface area contributed by atoms with Gasteiger partial charge in [-0.1, -0.05) is 12.1 Å². The summed E-state index contributed by atoms with van der Waals surface area (Å²) in [6.45, 7) is 4.91. The van der Waals surface area contributed by atoms with Gasteiger partial charge in [0.25, 0.3) is 0 Å². The molecule has 2 aromatic heterocycles. The molecule has 0 aliphatic heterocycles. The van der Waals surface area contributed by atoms with Gasteiger partial charge in [-0.15, -0.1) is 0 Å². The molecule has 0 amide bonds. The fourth-order valence-electron chi connectivity index (χ4n) is 2.28. The largest absolute Gasteiger partial charge is 0.327 e. The molecule has 0 aliphatic carbocycles. The van der Waals surface area contributed by atoms with Crippen LogP contribution >= 0.6 is 34.8 Å². The standard InChI is InChI=1S/C13H13IN4S/c1-3-17-12-11(8(2)16-17)15-13(19)18(12)10-7-5-4-6-9(10)14/h4-7H,3H2,1-2H3,(H,15,19). The smallest absolute Gasteiger partial charge is 0.184 e. The number of nitrogens with zero attached hydrogens (tertiary/aromatic N) is 3. The number of H-pyrrole nitrogens is 1. The van der Waals surface area contributed by atoms with Gasteiger partial charge in [0.15, 0.2) is 10.4 Å². The first kappa shape index (κ1) is 12.9. The van der Waals surface area contributed by atoms with Crippen molar-refractivity contribution in [3.63, 3.8) is 0 Å². The summed E-state index contributed by atoms with van der Waals surface area (Å²) in [6, 6.07) is 8.21. The highest BCUT2D eigenvalue weighted by atomic mass is 127. The van der Waals surface area contributed by atoms with Crippen LogP contribution in [0.2, 0.25) is 0 Å². The third-order valence-corrected chi connectivity index (χ3v) is 4.34. The van der Waals surface area contributed by atoms with Crippen LogP contribution in [0.15, 0.2) is 24.3 Å². The van der Waals surface area contributed by atoms with Crippen molar-refractivity contribution in [2.24, 2.45) is 0 Å². The van der Waals surface area contributed by atoms with E-state index in [9.17, 15) is 0 Å². The molecule has 0 saturated heterocycles. The van der Waals surface area contributed by atoms with Gasteiger partial charge in [0, 0.05) is 10.1 Å². The zero-order chi connectivity index (χ0) is 13.6. The molecule has 3 aromatic rings. The Bertz CT molecular complexity index is 812. The lowest BCUT2D eigenvalue weighted by Crippen LogP contribution is -2.04. The molecule has 19 heavy (non-hydrogen) atoms. The maximum atomic E-state index is 5.48. The van der Waals surface area contributed by atoms with Crippen molar-refractivity contribution in [1.29, 1.82) is 0 Å². The fraction of sp³-hybridized carbons (Fsp3) is 0.231. The molecule has 0 saturated carbocycles. The summed E-state index contributed by atoms with van der Waals surface area (Å²) in [5.74, 6) is 0. The number of aromatic nitrogens is 4. The normalized spacial score (nSPS) is 11.3. The highest BCUT2D eigenvalue weighted by Gasteiger charge is 2.16. The topological polar surface area (TPSA) is 38.5 Å². The van der Waals surface area contributed by atoms with E-state index in [-0.39, 0.29) is 0 Å². The first-order valence-electron chi connectivity index (χ1n) is 6.06. The predicted molar refractivity (Wildman–Crippen MR) is 87.4 cm³/mol. The van der Waals surface area contributed by atoms with Gasteiger partial charge in [-0.05, 0) is 60.8 Å². The number of hydrogen-bond donors (Lipinski definition) is 1. The molecule has 0 fully saturated rings. The number of nitrogens with one attached hydrogen (secondary N) is 1. The van der Waals surface area contributed by atoms with E-state index in [0.717, 1.165) is 29.1 Å². The van der Waals surface area contributed by atoms with Crippen LogP contribution in [0.25, 0.3) is 16.9 Å². The number of imidazole rings is 1. The molecule has 2 heterocycles. The summed E-state index contributed by atoms with van der Waals surface area (Å²) in [7, 11) is 0. The molecule has 0 radical (unpaired) electrons. The lowest BCUT2D eigenvalue weighted by atomic mass is 10.3. The molecule has 0 bridgehead atoms. The monoisotopic (exact) mass is 384 g/mol. The first-order valence-corrected chi connectivity index (χ1v) is 7.55. The van der Waals surface area contributed by atoms with Crippen molar-refractivity contribution in [1.82, 2.24) is 19.3 Å². The van der Waals surface area contributed by atoms with Gasteiger partial charge in [0.2, 0.25) is 0 Å². The lowest BCUT2D eigenvalue weighted by Gasteiger charge is -2.08. The molecule has 6 heteroatoms. The Hall–Kier alpha value is -1.15. The second-order valence-electron chi connectivity index (χ2n) is 4.32. The van der Waals surface area contributed by atoms with Crippen LogP contribution in [-0.2, 0) is 6.54 Å². The maximum absolute atomic E-state index is 5.48. The van der Waals surface area contributed by atoms with Crippen LogP contribution in [0.1, 0.15) is 12.6 Å². The molecular formula is C13H13IN4S. The molecule has 0 aliphatic rings. The van der Waals surface area contributed by atoms with Crippen molar-refractivity contribution in [3.05, 3.63) is 38.3 Å². The van der Waals surface area contributed by atoms with Gasteiger partial charge in [-0.3, -0.25) is 4.57 Å². The zero-order valence-electron chi connectivity index (χ0n) is 10.6. The van der Waals surface area contributed by atoms with E-state index < -0.39 is 0 Å². The van der Waals surface area contributed by atoms with Crippen LogP contribution < -0.4 is 0 Å². The Labute approximate surface area is 129 Å². The van der Waals surface area contributed by atoms with Crippen LogP contribution in [0.5, 0.6) is 0 Å². The molecular weight excluding hydrogens is 371 g/mol. The van der Waals surface area contributed by atoms with Crippen LogP contribution in [0.3, 0.4) is 0 Å². The average molecular weight is 384 g/mol. The second-order valence-corrected chi connectivity index (χ2v) is 5.87. The van der Waals surface area contributed by atoms with Gasteiger partial charge in [0.1, 0.15) is 5.52 Å². The van der Waals surface area contributed by atoms with Crippen LogP contribution in [0, 0.1) is 15.3 Å². The highest BCUT2D eigenvalue weighted by Crippen LogP contribution is 2.25. The van der Waals surface area contributed by atoms with Crippen molar-refractivity contribution < 1.29 is 0 Å². The van der Waals surface area contributed by atoms with E-state index in [0.29, 0.717) is 4.77 Å². The van der Waals surface area contributed by atoms with Gasteiger partial charge in [-0.2, -0.15) is 5.10 Å². The van der Waals surface area contributed by atoms with E-state index in [4.69, 9.17) is 12.2 Å². The van der Waals surface area contributed by atoms with Crippen molar-refractivity contribution in [2.75, 3.05) is 0 Å². The molecule has 0 spiro atoms. The second kappa shape index (κ2) is 4.75. The number of aromatic amines is 1. The number of para-hydroxylation sites is 1. The van der Waals surface area contributed by atoms with E-state index in [1.165, 1.54) is 3.57 Å². The lowest BCUT2D eigenvalue weighted by molar-refractivity contribution is 0.661. The minimum Gasteiger partial charge on any atom is -0.327 e. The van der Waals surface area contributed by atoms with Crippen LogP contribution in [-0.4, -0.2) is 19.3 Å². The average Bonchev–Trinajstić information content (AvgIpc) is 2.88. The highest BCUT2D eigenvalue weighted by molar-refractivity contribution is 14.1. The molecule has 1 N–H and O–H groups in total. The Kier molecular flexibility index (Phi) is 3.22. The van der Waals surface area contributed by atoms with Crippen LogP contribution in [0.4, 0.5) is 0 Å². The third kappa shape index (κ3) is 1.93. The molecule has 3 rings (SSSR count). The number of rotatable bonds is 2. The summed E-state index contributed by atoms with van der Waals surface area (Å²) in [5.41, 5.74) is 4.13.